The molecule has 0 bridgehead atoms. The van der Waals surface area contributed by atoms with Gasteiger partial charge in [0.2, 0.25) is 5.95 Å². The molecule has 0 atom stereocenters. The van der Waals surface area contributed by atoms with Crippen LogP contribution in [0.2, 0.25) is 10.0 Å². The fourth-order valence-electron chi connectivity index (χ4n) is 4.31. The molecule has 35 heavy (non-hydrogen) atoms. The highest BCUT2D eigenvalue weighted by Crippen LogP contribution is 2.31. The third kappa shape index (κ3) is 4.77. The molecule has 0 saturated carbocycles. The van der Waals surface area contributed by atoms with Crippen molar-refractivity contribution in [3.05, 3.63) is 68.9 Å². The lowest BCUT2D eigenvalue weighted by molar-refractivity contribution is 0.0999. The van der Waals surface area contributed by atoms with E-state index in [0.29, 0.717) is 33.8 Å². The topological polar surface area (TPSA) is 92.3 Å². The second-order valence-corrected chi connectivity index (χ2v) is 9.37. The summed E-state index contributed by atoms with van der Waals surface area (Å²) in [4.78, 5) is 25.7. The van der Waals surface area contributed by atoms with Crippen molar-refractivity contribution in [1.82, 2.24) is 19.4 Å². The quantitative estimate of drug-likeness (QED) is 0.549. The summed E-state index contributed by atoms with van der Waals surface area (Å²) in [5, 5.41) is 5.86. The van der Waals surface area contributed by atoms with E-state index < -0.39 is 5.91 Å². The second kappa shape index (κ2) is 9.73. The van der Waals surface area contributed by atoms with Crippen molar-refractivity contribution in [2.75, 3.05) is 43.4 Å². The Balaban J connectivity index is 1.50. The first-order valence-electron chi connectivity index (χ1n) is 11.3. The lowest BCUT2D eigenvalue weighted by Gasteiger charge is -2.34. The van der Waals surface area contributed by atoms with E-state index in [1.54, 1.807) is 17.0 Å². The van der Waals surface area contributed by atoms with Crippen molar-refractivity contribution < 1.29 is 4.79 Å². The number of piperazine rings is 1. The number of allylic oxidation sites excluding steroid dienone is 2. The number of primary amides is 1. The smallest absolute Gasteiger partial charge is 0.250 e. The van der Waals surface area contributed by atoms with Gasteiger partial charge >= 0.3 is 0 Å². The molecule has 5 rings (SSSR count). The molecule has 3 N–H and O–H groups in total. The molecule has 3 heterocycles. The minimum absolute atomic E-state index is 0.351. The van der Waals surface area contributed by atoms with Gasteiger partial charge < -0.3 is 20.9 Å². The fourth-order valence-corrected chi connectivity index (χ4v) is 4.73. The van der Waals surface area contributed by atoms with Gasteiger partial charge in [0, 0.05) is 43.3 Å². The van der Waals surface area contributed by atoms with E-state index in [1.165, 1.54) is 0 Å². The zero-order valence-electron chi connectivity index (χ0n) is 19.2. The maximum atomic E-state index is 12.1. The first-order valence-corrected chi connectivity index (χ1v) is 12.1. The van der Waals surface area contributed by atoms with E-state index in [2.05, 4.69) is 32.1 Å². The third-order valence-electron chi connectivity index (χ3n) is 6.20. The molecule has 1 amide bonds. The highest BCUT2D eigenvalue weighted by Gasteiger charge is 2.18. The van der Waals surface area contributed by atoms with Gasteiger partial charge in [-0.25, -0.2) is 4.98 Å². The van der Waals surface area contributed by atoms with Crippen LogP contribution in [0.3, 0.4) is 0 Å². The molecular weight excluding hydrogens is 485 g/mol. The van der Waals surface area contributed by atoms with Gasteiger partial charge in [0.05, 0.1) is 27.8 Å². The number of hydrogen-bond donors (Lipinski definition) is 2. The largest absolute Gasteiger partial charge is 0.368 e. The summed E-state index contributed by atoms with van der Waals surface area (Å²) >= 11 is 13.0. The van der Waals surface area contributed by atoms with Crippen LogP contribution < -0.4 is 26.5 Å². The lowest BCUT2D eigenvalue weighted by atomic mass is 10.2. The van der Waals surface area contributed by atoms with Gasteiger partial charge in [-0.2, -0.15) is 4.98 Å². The standard InChI is InChI=1S/C25H25Cl2N7O/c1-32-9-11-33(12-10-32)22-13-16(7-8-19(22)26)30-25-29-14-20(27)24(31-25)34-15-18(23(28)35)17-5-3-2-4-6-21(17)34/h2-3,5-8,13-15H,4,9-12H2,1H3,(H2,28,35)(H,29,30,31). The number of likely N-dealkylation sites (N-methyl/N-ethyl adjacent to an activating group) is 1. The summed E-state index contributed by atoms with van der Waals surface area (Å²) in [5.74, 6) is 0.309. The van der Waals surface area contributed by atoms with Crippen LogP contribution in [-0.4, -0.2) is 58.6 Å². The zero-order chi connectivity index (χ0) is 24.5. The number of nitrogens with zero attached hydrogens (tertiary/aromatic N) is 5. The molecule has 180 valence electrons. The number of benzene rings is 1. The van der Waals surface area contributed by atoms with Crippen molar-refractivity contribution in [1.29, 1.82) is 0 Å². The van der Waals surface area contributed by atoms with Gasteiger partial charge in [-0.15, -0.1) is 0 Å². The van der Waals surface area contributed by atoms with Gasteiger partial charge in [-0.1, -0.05) is 47.5 Å². The molecule has 1 aliphatic carbocycles. The number of amides is 1. The Morgan fingerprint density at radius 2 is 1.94 bits per heavy atom. The maximum absolute atomic E-state index is 12.1. The monoisotopic (exact) mass is 509 g/mol. The average Bonchev–Trinajstić information content (AvgIpc) is 3.03. The highest BCUT2D eigenvalue weighted by molar-refractivity contribution is 6.33. The summed E-state index contributed by atoms with van der Waals surface area (Å²) in [6, 6.07) is 5.77. The van der Waals surface area contributed by atoms with E-state index in [9.17, 15) is 4.79 Å². The van der Waals surface area contributed by atoms with Gasteiger partial charge in [0.25, 0.3) is 5.91 Å². The van der Waals surface area contributed by atoms with E-state index in [1.807, 2.05) is 42.5 Å². The summed E-state index contributed by atoms with van der Waals surface area (Å²) in [5.41, 5.74) is 7.83. The number of halogens is 2. The number of rotatable bonds is 5. The van der Waals surface area contributed by atoms with Crippen molar-refractivity contribution in [2.45, 2.75) is 6.42 Å². The van der Waals surface area contributed by atoms with Crippen molar-refractivity contribution in [3.63, 3.8) is 0 Å². The van der Waals surface area contributed by atoms with Crippen LogP contribution >= 0.6 is 23.2 Å². The maximum Gasteiger partial charge on any atom is 0.250 e. The summed E-state index contributed by atoms with van der Waals surface area (Å²) in [6.07, 6.45) is 11.7. The number of nitrogens with one attached hydrogen (secondary N) is 1. The average molecular weight is 510 g/mol. The molecule has 1 saturated heterocycles. The molecule has 2 aromatic heterocycles. The van der Waals surface area contributed by atoms with Crippen LogP contribution in [0.1, 0.15) is 16.8 Å². The molecule has 2 aliphatic rings. The first-order chi connectivity index (χ1) is 16.9. The molecule has 3 aromatic rings. The Bertz CT molecular complexity index is 1440. The van der Waals surface area contributed by atoms with Crippen LogP contribution in [-0.2, 0) is 0 Å². The van der Waals surface area contributed by atoms with Crippen LogP contribution in [0.25, 0.3) is 18.0 Å². The fraction of sp³-hybridized carbons (Fsp3) is 0.240. The Morgan fingerprint density at radius 3 is 2.71 bits per heavy atom. The van der Waals surface area contributed by atoms with E-state index in [0.717, 1.165) is 48.1 Å². The van der Waals surface area contributed by atoms with Crippen LogP contribution in [0.15, 0.2) is 42.7 Å². The molecule has 10 heteroatoms. The molecule has 0 radical (unpaired) electrons. The van der Waals surface area contributed by atoms with E-state index in [4.69, 9.17) is 28.9 Å². The predicted octanol–water partition coefficient (Wildman–Crippen LogP) is 2.69. The second-order valence-electron chi connectivity index (χ2n) is 8.56. The number of hydrogen-bond acceptors (Lipinski definition) is 6. The third-order valence-corrected chi connectivity index (χ3v) is 6.78. The van der Waals surface area contributed by atoms with Gasteiger partial charge in [0.1, 0.15) is 5.02 Å². The number of carbonyl (C=O) groups excluding carboxylic acids is 1. The number of carbonyl (C=O) groups is 1. The normalized spacial score (nSPS) is 15.7. The van der Waals surface area contributed by atoms with E-state index >= 15 is 0 Å². The van der Waals surface area contributed by atoms with Gasteiger partial charge in [-0.3, -0.25) is 9.36 Å². The van der Waals surface area contributed by atoms with Crippen LogP contribution in [0.5, 0.6) is 0 Å². The van der Waals surface area contributed by atoms with Crippen LogP contribution in [0.4, 0.5) is 17.3 Å². The molecule has 1 aromatic carbocycles. The lowest BCUT2D eigenvalue weighted by Crippen LogP contribution is -2.44. The van der Waals surface area contributed by atoms with Crippen molar-refractivity contribution >= 4 is 58.6 Å². The first kappa shape index (κ1) is 23.4. The van der Waals surface area contributed by atoms with Gasteiger partial charge in [-0.05, 0) is 31.7 Å². The summed E-state index contributed by atoms with van der Waals surface area (Å²) in [6.45, 7) is 3.78. The molecule has 1 aliphatic heterocycles. The number of aromatic nitrogens is 3. The van der Waals surface area contributed by atoms with Crippen LogP contribution in [0, 0.1) is 0 Å². The minimum atomic E-state index is -0.513. The molecule has 0 spiro atoms. The highest BCUT2D eigenvalue weighted by atomic mass is 35.5. The predicted molar refractivity (Wildman–Crippen MR) is 141 cm³/mol. The molecule has 8 nitrogen and oxygen atoms in total. The summed E-state index contributed by atoms with van der Waals surface area (Å²) < 4.78 is 1.78. The molecule has 0 unspecified atom stereocenters. The summed E-state index contributed by atoms with van der Waals surface area (Å²) in [7, 11) is 2.12. The number of anilines is 3. The molecular formula is C25H25Cl2N7O. The Kier molecular flexibility index (Phi) is 6.51. The van der Waals surface area contributed by atoms with Crippen molar-refractivity contribution in [3.8, 4) is 5.82 Å². The zero-order valence-corrected chi connectivity index (χ0v) is 20.7. The number of fused-ring (bicyclic) bond motifs is 1. The Labute approximate surface area is 213 Å². The van der Waals surface area contributed by atoms with E-state index in [-0.39, 0.29) is 0 Å². The SMILES string of the molecule is CN1CCN(c2cc(Nc3ncc(Cl)c(-n4cc(C(N)=O)c5c4=CCC=CC=5)n3)ccc2Cl)CC1. The number of nitrogens with two attached hydrogens (primary N) is 1. The Hall–Kier alpha value is -3.33. The Morgan fingerprint density at radius 1 is 1.14 bits per heavy atom. The minimum Gasteiger partial charge on any atom is -0.368 e. The van der Waals surface area contributed by atoms with Crippen molar-refractivity contribution in [2.24, 2.45) is 5.73 Å². The van der Waals surface area contributed by atoms with Gasteiger partial charge in [0.15, 0.2) is 5.82 Å². The molecule has 1 fully saturated rings.